The quantitative estimate of drug-likeness (QED) is 0.818. The lowest BCUT2D eigenvalue weighted by molar-refractivity contribution is -0.142. The van der Waals surface area contributed by atoms with Gasteiger partial charge in [-0.15, -0.1) is 5.10 Å². The van der Waals surface area contributed by atoms with Crippen molar-refractivity contribution < 1.29 is 14.7 Å². The van der Waals surface area contributed by atoms with Gasteiger partial charge >= 0.3 is 12.0 Å². The molecule has 17 heavy (non-hydrogen) atoms. The van der Waals surface area contributed by atoms with E-state index in [1.807, 2.05) is 0 Å². The van der Waals surface area contributed by atoms with E-state index >= 15 is 0 Å². The van der Waals surface area contributed by atoms with E-state index in [9.17, 15) is 9.59 Å². The van der Waals surface area contributed by atoms with E-state index in [0.717, 1.165) is 11.5 Å². The van der Waals surface area contributed by atoms with Crippen LogP contribution in [0.3, 0.4) is 0 Å². The minimum atomic E-state index is -0.854. The monoisotopic (exact) mass is 256 g/mol. The number of amides is 2. The first kappa shape index (κ1) is 11.8. The number of carboxylic acids is 1. The summed E-state index contributed by atoms with van der Waals surface area (Å²) in [5, 5.41) is 15.8. The van der Waals surface area contributed by atoms with Crippen LogP contribution in [0.5, 0.6) is 0 Å². The zero-order valence-corrected chi connectivity index (χ0v) is 9.98. The maximum absolute atomic E-state index is 11.9. The number of aromatic nitrogens is 2. The van der Waals surface area contributed by atoms with Gasteiger partial charge in [0.1, 0.15) is 5.00 Å². The topological polar surface area (TPSA) is 95.4 Å². The Kier molecular flexibility index (Phi) is 3.23. The minimum Gasteiger partial charge on any atom is -0.481 e. The van der Waals surface area contributed by atoms with E-state index in [0.29, 0.717) is 18.0 Å². The fourth-order valence-corrected chi connectivity index (χ4v) is 2.37. The summed E-state index contributed by atoms with van der Waals surface area (Å²) in [5.41, 5.74) is 0. The molecular weight excluding hydrogens is 244 g/mol. The molecule has 92 valence electrons. The Bertz CT molecular complexity index is 422. The number of carbonyl (C=O) groups is 2. The number of urea groups is 1. The van der Waals surface area contributed by atoms with Crippen molar-refractivity contribution in [2.45, 2.75) is 19.4 Å². The molecule has 0 spiro atoms. The standard InChI is InChI=1S/C9H12N4O3S/c1-5-6(8(14)15)2-3-13(5)9(16)11-7-4-10-12-17-7/h4-6H,2-3H2,1H3,(H,11,16)(H,14,15). The molecule has 2 rings (SSSR count). The molecule has 0 aromatic carbocycles. The van der Waals surface area contributed by atoms with Gasteiger partial charge in [-0.2, -0.15) is 0 Å². The first-order chi connectivity index (χ1) is 8.09. The van der Waals surface area contributed by atoms with E-state index in [1.165, 1.54) is 11.1 Å². The number of carbonyl (C=O) groups excluding carboxylic acids is 1. The lowest BCUT2D eigenvalue weighted by Crippen LogP contribution is -2.40. The fraction of sp³-hybridized carbons (Fsp3) is 0.556. The molecule has 0 aliphatic carbocycles. The Balaban J connectivity index is 1.99. The van der Waals surface area contributed by atoms with E-state index in [-0.39, 0.29) is 12.1 Å². The SMILES string of the molecule is CC1C(C(=O)O)CCN1C(=O)Nc1cnns1. The normalized spacial score (nSPS) is 23.7. The molecule has 2 N–H and O–H groups in total. The highest BCUT2D eigenvalue weighted by Gasteiger charge is 2.38. The number of rotatable bonds is 2. The van der Waals surface area contributed by atoms with Crippen molar-refractivity contribution in [1.82, 2.24) is 14.5 Å². The fourth-order valence-electron chi connectivity index (χ4n) is 1.96. The van der Waals surface area contributed by atoms with Crippen LogP contribution in [0.4, 0.5) is 9.80 Å². The smallest absolute Gasteiger partial charge is 0.322 e. The molecule has 0 radical (unpaired) electrons. The summed E-state index contributed by atoms with van der Waals surface area (Å²) in [7, 11) is 0. The lowest BCUT2D eigenvalue weighted by Gasteiger charge is -2.22. The number of carboxylic acid groups (broad SMARTS) is 1. The van der Waals surface area contributed by atoms with Crippen molar-refractivity contribution in [2.75, 3.05) is 11.9 Å². The van der Waals surface area contributed by atoms with Crippen LogP contribution in [0.1, 0.15) is 13.3 Å². The van der Waals surface area contributed by atoms with Crippen molar-refractivity contribution in [1.29, 1.82) is 0 Å². The molecule has 7 nitrogen and oxygen atoms in total. The van der Waals surface area contributed by atoms with Crippen molar-refractivity contribution in [3.8, 4) is 0 Å². The molecule has 0 bridgehead atoms. The summed E-state index contributed by atoms with van der Waals surface area (Å²) in [5.74, 6) is -1.34. The van der Waals surface area contributed by atoms with Crippen LogP contribution in [-0.2, 0) is 4.79 Å². The van der Waals surface area contributed by atoms with E-state index in [1.54, 1.807) is 6.92 Å². The molecule has 2 heterocycles. The zero-order chi connectivity index (χ0) is 12.4. The highest BCUT2D eigenvalue weighted by atomic mass is 32.1. The molecular formula is C9H12N4O3S. The second-order valence-corrected chi connectivity index (χ2v) is 4.67. The second-order valence-electron chi connectivity index (χ2n) is 3.88. The van der Waals surface area contributed by atoms with Gasteiger partial charge in [0.15, 0.2) is 0 Å². The zero-order valence-electron chi connectivity index (χ0n) is 9.16. The van der Waals surface area contributed by atoms with E-state index in [4.69, 9.17) is 5.11 Å². The van der Waals surface area contributed by atoms with Crippen LogP contribution < -0.4 is 5.32 Å². The second kappa shape index (κ2) is 4.66. The number of aliphatic carboxylic acids is 1. The molecule has 2 unspecified atom stereocenters. The van der Waals surface area contributed by atoms with Gasteiger partial charge < -0.3 is 10.0 Å². The molecule has 1 aliphatic heterocycles. The summed E-state index contributed by atoms with van der Waals surface area (Å²) in [6.45, 7) is 2.20. The van der Waals surface area contributed by atoms with Crippen LogP contribution in [0.2, 0.25) is 0 Å². The Morgan fingerprint density at radius 2 is 2.41 bits per heavy atom. The van der Waals surface area contributed by atoms with Gasteiger partial charge in [0.2, 0.25) is 0 Å². The minimum absolute atomic E-state index is 0.298. The van der Waals surface area contributed by atoms with Crippen LogP contribution in [0, 0.1) is 5.92 Å². The highest BCUT2D eigenvalue weighted by Crippen LogP contribution is 2.25. The maximum atomic E-state index is 11.9. The number of hydrogen-bond acceptors (Lipinski definition) is 5. The number of nitrogens with zero attached hydrogens (tertiary/aromatic N) is 3. The molecule has 0 saturated carbocycles. The third-order valence-electron chi connectivity index (χ3n) is 2.92. The number of nitrogens with one attached hydrogen (secondary N) is 1. The number of likely N-dealkylation sites (tertiary alicyclic amines) is 1. The van der Waals surface area contributed by atoms with Crippen LogP contribution in [0.15, 0.2) is 6.20 Å². The highest BCUT2D eigenvalue weighted by molar-refractivity contribution is 7.10. The van der Waals surface area contributed by atoms with Crippen LogP contribution in [-0.4, -0.2) is 44.2 Å². The molecule has 1 aliphatic rings. The third kappa shape index (κ3) is 2.36. The molecule has 8 heteroatoms. The maximum Gasteiger partial charge on any atom is 0.322 e. The Morgan fingerprint density at radius 3 is 2.94 bits per heavy atom. The molecule has 1 fully saturated rings. The summed E-state index contributed by atoms with van der Waals surface area (Å²) < 4.78 is 3.63. The summed E-state index contributed by atoms with van der Waals surface area (Å²) in [4.78, 5) is 24.3. The molecule has 1 aromatic rings. The van der Waals surface area contributed by atoms with Crippen LogP contribution >= 0.6 is 11.5 Å². The largest absolute Gasteiger partial charge is 0.481 e. The van der Waals surface area contributed by atoms with Crippen molar-refractivity contribution >= 4 is 28.5 Å². The molecule has 2 amide bonds. The average molecular weight is 256 g/mol. The summed E-state index contributed by atoms with van der Waals surface area (Å²) in [6, 6.07) is -0.597. The van der Waals surface area contributed by atoms with Gasteiger partial charge in [-0.1, -0.05) is 4.49 Å². The molecule has 1 aromatic heterocycles. The number of hydrogen-bond donors (Lipinski definition) is 2. The van der Waals surface area contributed by atoms with Gasteiger partial charge in [-0.25, -0.2) is 4.79 Å². The Morgan fingerprint density at radius 1 is 1.65 bits per heavy atom. The predicted octanol–water partition coefficient (Wildman–Crippen LogP) is 0.865. The molecule has 2 atom stereocenters. The van der Waals surface area contributed by atoms with Crippen LogP contribution in [0.25, 0.3) is 0 Å². The van der Waals surface area contributed by atoms with Crippen molar-refractivity contribution in [3.05, 3.63) is 6.20 Å². The Hall–Kier alpha value is -1.70. The van der Waals surface area contributed by atoms with Gasteiger partial charge in [-0.05, 0) is 13.3 Å². The molecule has 1 saturated heterocycles. The first-order valence-electron chi connectivity index (χ1n) is 5.17. The van der Waals surface area contributed by atoms with E-state index < -0.39 is 11.9 Å². The van der Waals surface area contributed by atoms with Crippen molar-refractivity contribution in [2.24, 2.45) is 5.92 Å². The summed E-state index contributed by atoms with van der Waals surface area (Å²) in [6.07, 6.45) is 1.95. The third-order valence-corrected chi connectivity index (χ3v) is 3.50. The predicted molar refractivity (Wildman–Crippen MR) is 60.8 cm³/mol. The lowest BCUT2D eigenvalue weighted by atomic mass is 10.0. The Labute approximate surface area is 102 Å². The van der Waals surface area contributed by atoms with Crippen molar-refractivity contribution in [3.63, 3.8) is 0 Å². The summed E-state index contributed by atoms with van der Waals surface area (Å²) >= 11 is 1.08. The van der Waals surface area contributed by atoms with E-state index in [2.05, 4.69) is 14.9 Å². The number of anilines is 1. The van der Waals surface area contributed by atoms with Gasteiger partial charge in [0.25, 0.3) is 0 Å². The first-order valence-corrected chi connectivity index (χ1v) is 5.94. The van der Waals surface area contributed by atoms with Gasteiger partial charge in [0, 0.05) is 24.1 Å². The average Bonchev–Trinajstić information content (AvgIpc) is 2.86. The van der Waals surface area contributed by atoms with Gasteiger partial charge in [0.05, 0.1) is 12.1 Å². The van der Waals surface area contributed by atoms with Gasteiger partial charge in [-0.3, -0.25) is 10.1 Å².